The molecule has 0 saturated carbocycles. The first-order chi connectivity index (χ1) is 10.1. The van der Waals surface area contributed by atoms with Gasteiger partial charge in [-0.3, -0.25) is 9.59 Å². The summed E-state index contributed by atoms with van der Waals surface area (Å²) in [6.45, 7) is 4.33. The first-order valence-electron chi connectivity index (χ1n) is 6.72. The molecule has 0 saturated heterocycles. The zero-order chi connectivity index (χ0) is 15.2. The molecule has 1 aromatic heterocycles. The second-order valence-electron chi connectivity index (χ2n) is 4.57. The van der Waals surface area contributed by atoms with Crippen LogP contribution in [-0.4, -0.2) is 16.7 Å². The van der Waals surface area contributed by atoms with Crippen molar-refractivity contribution >= 4 is 12.1 Å². The Balaban J connectivity index is 2.13. The molecule has 1 heterocycles. The van der Waals surface area contributed by atoms with Gasteiger partial charge in [-0.1, -0.05) is 24.3 Å². The van der Waals surface area contributed by atoms with E-state index < -0.39 is 5.91 Å². The highest BCUT2D eigenvalue weighted by atomic mass is 16.2. The smallest absolute Gasteiger partial charge is 0.276 e. The molecule has 1 N–H and O–H groups in total. The predicted octanol–water partition coefficient (Wildman–Crippen LogP) is 1.94. The Bertz CT molecular complexity index is 732. The van der Waals surface area contributed by atoms with Crippen LogP contribution in [0, 0.1) is 6.92 Å². The van der Waals surface area contributed by atoms with E-state index in [-0.39, 0.29) is 11.1 Å². The van der Waals surface area contributed by atoms with E-state index >= 15 is 0 Å². The third kappa shape index (κ3) is 3.45. The van der Waals surface area contributed by atoms with Gasteiger partial charge in [0, 0.05) is 12.7 Å². The van der Waals surface area contributed by atoms with Crippen molar-refractivity contribution in [1.29, 1.82) is 0 Å². The number of aromatic nitrogens is 1. The van der Waals surface area contributed by atoms with E-state index in [1.165, 1.54) is 10.6 Å². The van der Waals surface area contributed by atoms with Crippen LogP contribution in [0.2, 0.25) is 0 Å². The third-order valence-corrected chi connectivity index (χ3v) is 3.16. The molecule has 0 unspecified atom stereocenters. The molecule has 0 bridgehead atoms. The molecular weight excluding hydrogens is 266 g/mol. The lowest BCUT2D eigenvalue weighted by molar-refractivity contribution is 0.0953. The van der Waals surface area contributed by atoms with Crippen LogP contribution >= 0.6 is 0 Å². The van der Waals surface area contributed by atoms with Crippen molar-refractivity contribution in [3.05, 3.63) is 69.6 Å². The summed E-state index contributed by atoms with van der Waals surface area (Å²) < 4.78 is 1.47. The molecule has 108 valence electrons. The Hall–Kier alpha value is -2.69. The molecule has 5 nitrogen and oxygen atoms in total. The minimum absolute atomic E-state index is 0.0845. The van der Waals surface area contributed by atoms with Gasteiger partial charge in [0.2, 0.25) is 0 Å². The van der Waals surface area contributed by atoms with E-state index in [4.69, 9.17) is 0 Å². The number of nitrogens with zero attached hydrogens (tertiary/aromatic N) is 2. The standard InChI is InChI=1S/C16H17N3O2/c1-3-19-10-6-9-14(16(19)21)15(20)18-17-11-13-8-5-4-7-12(13)2/h4-11H,3H2,1-2H3,(H,18,20)/b17-11-. The summed E-state index contributed by atoms with van der Waals surface area (Å²) in [5.41, 5.74) is 4.12. The second-order valence-corrected chi connectivity index (χ2v) is 4.57. The highest BCUT2D eigenvalue weighted by Crippen LogP contribution is 2.03. The zero-order valence-corrected chi connectivity index (χ0v) is 12.0. The monoisotopic (exact) mass is 283 g/mol. The summed E-state index contributed by atoms with van der Waals surface area (Å²) in [5.74, 6) is -0.507. The van der Waals surface area contributed by atoms with Crippen LogP contribution in [-0.2, 0) is 6.54 Å². The fourth-order valence-corrected chi connectivity index (χ4v) is 1.91. The van der Waals surface area contributed by atoms with Crippen LogP contribution in [0.1, 0.15) is 28.4 Å². The van der Waals surface area contributed by atoms with E-state index in [9.17, 15) is 9.59 Å². The number of pyridine rings is 1. The summed E-state index contributed by atoms with van der Waals surface area (Å²) in [6, 6.07) is 10.9. The minimum atomic E-state index is -0.507. The van der Waals surface area contributed by atoms with E-state index in [0.29, 0.717) is 6.54 Å². The Morgan fingerprint density at radius 2 is 2.05 bits per heavy atom. The quantitative estimate of drug-likeness (QED) is 0.688. The highest BCUT2D eigenvalue weighted by molar-refractivity contribution is 5.94. The van der Waals surface area contributed by atoms with Crippen molar-refractivity contribution in [2.75, 3.05) is 0 Å². The first-order valence-corrected chi connectivity index (χ1v) is 6.72. The predicted molar refractivity (Wildman–Crippen MR) is 82.6 cm³/mol. The number of nitrogens with one attached hydrogen (secondary N) is 1. The Morgan fingerprint density at radius 1 is 1.29 bits per heavy atom. The number of hydrogen-bond acceptors (Lipinski definition) is 3. The van der Waals surface area contributed by atoms with Crippen molar-refractivity contribution in [1.82, 2.24) is 9.99 Å². The molecule has 0 spiro atoms. The van der Waals surface area contributed by atoms with Gasteiger partial charge in [-0.2, -0.15) is 5.10 Å². The number of rotatable bonds is 4. The van der Waals surface area contributed by atoms with Gasteiger partial charge in [0.1, 0.15) is 5.56 Å². The fourth-order valence-electron chi connectivity index (χ4n) is 1.91. The number of hydrazone groups is 1. The summed E-state index contributed by atoms with van der Waals surface area (Å²) >= 11 is 0. The SMILES string of the molecule is CCn1cccc(C(=O)N/N=C\c2ccccc2C)c1=O. The number of benzene rings is 1. The van der Waals surface area contributed by atoms with Crippen LogP contribution in [0.4, 0.5) is 0 Å². The molecule has 1 aromatic carbocycles. The Morgan fingerprint density at radius 3 is 2.76 bits per heavy atom. The third-order valence-electron chi connectivity index (χ3n) is 3.16. The Labute approximate surface area is 122 Å². The molecule has 0 aliphatic carbocycles. The van der Waals surface area contributed by atoms with Crippen molar-refractivity contribution < 1.29 is 4.79 Å². The maximum absolute atomic E-state index is 12.0. The lowest BCUT2D eigenvalue weighted by Gasteiger charge is -2.04. The molecule has 0 aliphatic rings. The van der Waals surface area contributed by atoms with Crippen molar-refractivity contribution in [3.63, 3.8) is 0 Å². The second kappa shape index (κ2) is 6.65. The van der Waals surface area contributed by atoms with Crippen molar-refractivity contribution in [2.24, 2.45) is 5.10 Å². The van der Waals surface area contributed by atoms with Crippen LogP contribution < -0.4 is 11.0 Å². The van der Waals surface area contributed by atoms with Gasteiger partial charge in [0.05, 0.1) is 6.21 Å². The zero-order valence-electron chi connectivity index (χ0n) is 12.0. The van der Waals surface area contributed by atoms with E-state index in [2.05, 4.69) is 10.5 Å². The van der Waals surface area contributed by atoms with Crippen molar-refractivity contribution in [3.8, 4) is 0 Å². The first kappa shape index (κ1) is 14.7. The van der Waals surface area contributed by atoms with E-state index in [1.807, 2.05) is 38.1 Å². The van der Waals surface area contributed by atoms with Gasteiger partial charge < -0.3 is 4.57 Å². The van der Waals surface area contributed by atoms with Gasteiger partial charge in [-0.05, 0) is 37.1 Å². The van der Waals surface area contributed by atoms with Crippen LogP contribution in [0.5, 0.6) is 0 Å². The summed E-state index contributed by atoms with van der Waals surface area (Å²) in [7, 11) is 0. The maximum atomic E-state index is 12.0. The van der Waals surface area contributed by atoms with Gasteiger partial charge in [0.25, 0.3) is 11.5 Å². The normalized spacial score (nSPS) is 10.8. The number of aryl methyl sites for hydroxylation is 2. The molecule has 0 fully saturated rings. The molecule has 2 rings (SSSR count). The molecule has 21 heavy (non-hydrogen) atoms. The maximum Gasteiger partial charge on any atom is 0.276 e. The number of carbonyl (C=O) groups is 1. The average molecular weight is 283 g/mol. The lowest BCUT2D eigenvalue weighted by Crippen LogP contribution is -2.30. The van der Waals surface area contributed by atoms with Gasteiger partial charge in [-0.15, -0.1) is 0 Å². The Kier molecular flexibility index (Phi) is 4.66. The minimum Gasteiger partial charge on any atom is -0.315 e. The highest BCUT2D eigenvalue weighted by Gasteiger charge is 2.10. The molecular formula is C16H17N3O2. The summed E-state index contributed by atoms with van der Waals surface area (Å²) in [6.07, 6.45) is 3.21. The number of carbonyl (C=O) groups excluding carboxylic acids is 1. The van der Waals surface area contributed by atoms with Crippen LogP contribution in [0.25, 0.3) is 0 Å². The fraction of sp³-hybridized carbons (Fsp3) is 0.188. The van der Waals surface area contributed by atoms with Gasteiger partial charge in [0.15, 0.2) is 0 Å². The lowest BCUT2D eigenvalue weighted by atomic mass is 10.1. The molecule has 0 radical (unpaired) electrons. The number of hydrogen-bond donors (Lipinski definition) is 1. The van der Waals surface area contributed by atoms with Crippen LogP contribution in [0.3, 0.4) is 0 Å². The molecule has 1 amide bonds. The summed E-state index contributed by atoms with van der Waals surface area (Å²) in [5, 5.41) is 3.90. The molecule has 0 aliphatic heterocycles. The van der Waals surface area contributed by atoms with Crippen LogP contribution in [0.15, 0.2) is 52.5 Å². The van der Waals surface area contributed by atoms with Crippen molar-refractivity contribution in [2.45, 2.75) is 20.4 Å². The topological polar surface area (TPSA) is 63.5 Å². The van der Waals surface area contributed by atoms with E-state index in [1.54, 1.807) is 18.5 Å². The molecule has 2 aromatic rings. The molecule has 0 atom stereocenters. The van der Waals surface area contributed by atoms with E-state index in [0.717, 1.165) is 11.1 Å². The molecule has 5 heteroatoms. The average Bonchev–Trinajstić information content (AvgIpc) is 2.49. The largest absolute Gasteiger partial charge is 0.315 e. The summed E-state index contributed by atoms with van der Waals surface area (Å²) in [4.78, 5) is 23.9. The van der Waals surface area contributed by atoms with Gasteiger partial charge in [-0.25, -0.2) is 5.43 Å². The van der Waals surface area contributed by atoms with Gasteiger partial charge >= 0.3 is 0 Å². The number of amides is 1.